The van der Waals surface area contributed by atoms with E-state index in [1.165, 1.54) is 23.9 Å². The molecule has 0 saturated carbocycles. The second-order valence-electron chi connectivity index (χ2n) is 4.87. The van der Waals surface area contributed by atoms with Gasteiger partial charge in [-0.3, -0.25) is 0 Å². The van der Waals surface area contributed by atoms with Crippen molar-refractivity contribution >= 4 is 28.6 Å². The van der Waals surface area contributed by atoms with Crippen molar-refractivity contribution in [1.29, 1.82) is 0 Å². The van der Waals surface area contributed by atoms with Crippen molar-refractivity contribution in [3.05, 3.63) is 59.7 Å². The smallest absolute Gasteiger partial charge is 0.336 e. The number of carboxylic acid groups (broad SMARTS) is 1. The summed E-state index contributed by atoms with van der Waals surface area (Å²) >= 11 is 1.49. The Kier molecular flexibility index (Phi) is 4.00. The Morgan fingerprint density at radius 3 is 2.57 bits per heavy atom. The van der Waals surface area contributed by atoms with Crippen LogP contribution >= 0.6 is 11.8 Å². The zero-order chi connectivity index (χ0) is 16.6. The van der Waals surface area contributed by atoms with Gasteiger partial charge in [-0.1, -0.05) is 6.07 Å². The van der Waals surface area contributed by atoms with Gasteiger partial charge in [-0.05, 0) is 36.6 Å². The quantitative estimate of drug-likeness (QED) is 0.713. The number of benzene rings is 2. The van der Waals surface area contributed by atoms with Crippen LogP contribution in [0, 0.1) is 11.6 Å². The van der Waals surface area contributed by atoms with Crippen molar-refractivity contribution in [1.82, 2.24) is 4.98 Å². The van der Waals surface area contributed by atoms with Crippen LogP contribution in [0.15, 0.2) is 47.4 Å². The van der Waals surface area contributed by atoms with Gasteiger partial charge < -0.3 is 5.11 Å². The number of aromatic nitrogens is 1. The maximum atomic E-state index is 14.0. The van der Waals surface area contributed by atoms with Gasteiger partial charge in [0.15, 0.2) is 0 Å². The van der Waals surface area contributed by atoms with Gasteiger partial charge in [-0.25, -0.2) is 18.6 Å². The van der Waals surface area contributed by atoms with Gasteiger partial charge in [0.1, 0.15) is 11.6 Å². The van der Waals surface area contributed by atoms with Crippen LogP contribution in [0.25, 0.3) is 22.2 Å². The van der Waals surface area contributed by atoms with Crippen LogP contribution in [-0.2, 0) is 0 Å². The number of carboxylic acids is 1. The molecule has 0 aliphatic carbocycles. The van der Waals surface area contributed by atoms with E-state index in [4.69, 9.17) is 0 Å². The van der Waals surface area contributed by atoms with Gasteiger partial charge >= 0.3 is 5.97 Å². The maximum absolute atomic E-state index is 14.0. The van der Waals surface area contributed by atoms with E-state index in [1.807, 2.05) is 6.26 Å². The normalized spacial score (nSPS) is 10.9. The fourth-order valence-electron chi connectivity index (χ4n) is 2.35. The Morgan fingerprint density at radius 2 is 1.91 bits per heavy atom. The van der Waals surface area contributed by atoms with Crippen molar-refractivity contribution in [2.24, 2.45) is 0 Å². The van der Waals surface area contributed by atoms with E-state index in [0.29, 0.717) is 10.9 Å². The Morgan fingerprint density at radius 1 is 1.13 bits per heavy atom. The number of pyridine rings is 1. The lowest BCUT2D eigenvalue weighted by Crippen LogP contribution is -2.01. The minimum atomic E-state index is -1.13. The molecule has 1 aromatic heterocycles. The highest BCUT2D eigenvalue weighted by Crippen LogP contribution is 2.29. The van der Waals surface area contributed by atoms with E-state index >= 15 is 0 Å². The molecule has 3 nitrogen and oxygen atoms in total. The second kappa shape index (κ2) is 5.96. The molecule has 0 amide bonds. The predicted molar refractivity (Wildman–Crippen MR) is 85.8 cm³/mol. The summed E-state index contributed by atoms with van der Waals surface area (Å²) in [7, 11) is 0. The minimum Gasteiger partial charge on any atom is -0.478 e. The number of rotatable bonds is 3. The zero-order valence-electron chi connectivity index (χ0n) is 12.0. The van der Waals surface area contributed by atoms with Crippen molar-refractivity contribution in [3.8, 4) is 11.3 Å². The molecule has 0 radical (unpaired) electrons. The van der Waals surface area contributed by atoms with Crippen LogP contribution in [0.1, 0.15) is 10.4 Å². The number of thioether (sulfide) groups is 1. The van der Waals surface area contributed by atoms with Gasteiger partial charge in [0.05, 0.1) is 16.8 Å². The Balaban J connectivity index is 2.30. The minimum absolute atomic E-state index is 0.0291. The Hall–Kier alpha value is -2.47. The molecule has 23 heavy (non-hydrogen) atoms. The molecule has 0 atom stereocenters. The molecular weight excluding hydrogens is 320 g/mol. The molecule has 0 aliphatic heterocycles. The summed E-state index contributed by atoms with van der Waals surface area (Å²) in [6, 6.07) is 9.66. The molecule has 1 heterocycles. The Bertz CT molecular complexity index is 928. The summed E-state index contributed by atoms with van der Waals surface area (Å²) in [5.41, 5.74) is 0.702. The van der Waals surface area contributed by atoms with Gasteiger partial charge in [-0.2, -0.15) is 0 Å². The first kappa shape index (κ1) is 15.4. The van der Waals surface area contributed by atoms with Gasteiger partial charge in [0.25, 0.3) is 0 Å². The summed E-state index contributed by atoms with van der Waals surface area (Å²) < 4.78 is 27.0. The van der Waals surface area contributed by atoms with Crippen molar-refractivity contribution in [2.75, 3.05) is 6.26 Å². The highest BCUT2D eigenvalue weighted by molar-refractivity contribution is 7.98. The van der Waals surface area contributed by atoms with Crippen LogP contribution in [0.2, 0.25) is 0 Å². The Labute approximate surface area is 135 Å². The zero-order valence-corrected chi connectivity index (χ0v) is 12.8. The largest absolute Gasteiger partial charge is 0.478 e. The first-order chi connectivity index (χ1) is 11.0. The van der Waals surface area contributed by atoms with E-state index in [0.717, 1.165) is 17.0 Å². The molecule has 0 aliphatic rings. The summed E-state index contributed by atoms with van der Waals surface area (Å²) in [5.74, 6) is -2.61. The van der Waals surface area contributed by atoms with Crippen LogP contribution in [0.4, 0.5) is 8.78 Å². The lowest BCUT2D eigenvalue weighted by molar-refractivity contribution is 0.0699. The van der Waals surface area contributed by atoms with E-state index in [-0.39, 0.29) is 16.8 Å². The van der Waals surface area contributed by atoms with Crippen molar-refractivity contribution in [2.45, 2.75) is 4.90 Å². The number of nitrogens with zero attached hydrogens (tertiary/aromatic N) is 1. The van der Waals surface area contributed by atoms with E-state index in [9.17, 15) is 18.7 Å². The molecular formula is C17H11F2NO2S. The number of aromatic carboxylic acids is 1. The number of fused-ring (bicyclic) bond motifs is 1. The standard InChI is InChI=1S/C17H11F2NO2S/c1-23-10-3-5-11-13(17(21)22)8-16(20-15(11)7-10)12-4-2-9(18)6-14(12)19/h2-8H,1H3,(H,21,22). The highest BCUT2D eigenvalue weighted by atomic mass is 32.2. The van der Waals surface area contributed by atoms with E-state index in [2.05, 4.69) is 4.98 Å². The monoisotopic (exact) mass is 331 g/mol. The molecule has 6 heteroatoms. The molecule has 116 valence electrons. The first-order valence-corrected chi connectivity index (χ1v) is 7.89. The number of hydrogen-bond acceptors (Lipinski definition) is 3. The summed E-state index contributed by atoms with van der Waals surface area (Å²) in [6.07, 6.45) is 1.89. The van der Waals surface area contributed by atoms with E-state index in [1.54, 1.807) is 18.2 Å². The number of carbonyl (C=O) groups is 1. The fraction of sp³-hybridized carbons (Fsp3) is 0.0588. The molecule has 1 N–H and O–H groups in total. The summed E-state index contributed by atoms with van der Waals surface area (Å²) in [6.45, 7) is 0. The van der Waals surface area contributed by atoms with Crippen LogP contribution in [-0.4, -0.2) is 22.3 Å². The molecule has 0 fully saturated rings. The second-order valence-corrected chi connectivity index (χ2v) is 5.75. The number of halogens is 2. The molecule has 3 aromatic rings. The molecule has 0 saturated heterocycles. The molecule has 3 rings (SSSR count). The SMILES string of the molecule is CSc1ccc2c(C(=O)O)cc(-c3ccc(F)cc3F)nc2c1. The van der Waals surface area contributed by atoms with Crippen LogP contribution < -0.4 is 0 Å². The van der Waals surface area contributed by atoms with Gasteiger partial charge in [-0.15, -0.1) is 11.8 Å². The lowest BCUT2D eigenvalue weighted by atomic mass is 10.0. The lowest BCUT2D eigenvalue weighted by Gasteiger charge is -2.09. The van der Waals surface area contributed by atoms with Gasteiger partial charge in [0.2, 0.25) is 0 Å². The van der Waals surface area contributed by atoms with E-state index < -0.39 is 17.6 Å². The predicted octanol–water partition coefficient (Wildman–Crippen LogP) is 4.60. The average Bonchev–Trinajstić information content (AvgIpc) is 2.53. The van der Waals surface area contributed by atoms with Crippen molar-refractivity contribution < 1.29 is 18.7 Å². The number of hydrogen-bond donors (Lipinski definition) is 1. The highest BCUT2D eigenvalue weighted by Gasteiger charge is 2.15. The molecule has 0 unspecified atom stereocenters. The van der Waals surface area contributed by atoms with Crippen LogP contribution in [0.5, 0.6) is 0 Å². The first-order valence-electron chi connectivity index (χ1n) is 6.67. The summed E-state index contributed by atoms with van der Waals surface area (Å²) in [4.78, 5) is 16.8. The molecule has 0 spiro atoms. The third-order valence-electron chi connectivity index (χ3n) is 3.45. The topological polar surface area (TPSA) is 50.2 Å². The third kappa shape index (κ3) is 2.90. The summed E-state index contributed by atoms with van der Waals surface area (Å²) in [5, 5.41) is 9.88. The average molecular weight is 331 g/mol. The molecule has 2 aromatic carbocycles. The molecule has 0 bridgehead atoms. The third-order valence-corrected chi connectivity index (χ3v) is 4.18. The fourth-order valence-corrected chi connectivity index (χ4v) is 2.78. The van der Waals surface area contributed by atoms with Gasteiger partial charge in [0, 0.05) is 21.9 Å². The van der Waals surface area contributed by atoms with Crippen molar-refractivity contribution in [3.63, 3.8) is 0 Å². The van der Waals surface area contributed by atoms with Crippen LogP contribution in [0.3, 0.4) is 0 Å². The maximum Gasteiger partial charge on any atom is 0.336 e.